The molecule has 100 valence electrons. The van der Waals surface area contributed by atoms with E-state index in [-0.39, 0.29) is 26.6 Å². The predicted molar refractivity (Wildman–Crippen MR) is 82.5 cm³/mol. The smallest absolute Gasteiger partial charge is 0.309 e. The summed E-state index contributed by atoms with van der Waals surface area (Å²) in [6, 6.07) is 0. The van der Waals surface area contributed by atoms with E-state index in [0.717, 1.165) is 12.8 Å². The number of carbonyl (C=O) groups excluding carboxylic acids is 2. The lowest BCUT2D eigenvalue weighted by Crippen LogP contribution is -2.17. The SMILES string of the molecule is CCC(I)CC(=O)OCOC(=O)CC(I)CC. The van der Waals surface area contributed by atoms with Gasteiger partial charge < -0.3 is 9.47 Å². The van der Waals surface area contributed by atoms with Crippen molar-refractivity contribution in [3.63, 3.8) is 0 Å². The third-order valence-electron chi connectivity index (χ3n) is 2.10. The maximum absolute atomic E-state index is 11.3. The van der Waals surface area contributed by atoms with E-state index in [4.69, 9.17) is 9.47 Å². The van der Waals surface area contributed by atoms with Crippen molar-refractivity contribution in [3.05, 3.63) is 0 Å². The summed E-state index contributed by atoms with van der Waals surface area (Å²) in [5.41, 5.74) is 0. The zero-order chi connectivity index (χ0) is 13.3. The van der Waals surface area contributed by atoms with Crippen molar-refractivity contribution >= 4 is 57.1 Å². The van der Waals surface area contributed by atoms with Gasteiger partial charge in [0.2, 0.25) is 6.79 Å². The Hall–Kier alpha value is 0.400. The second-order valence-electron chi connectivity index (χ2n) is 3.57. The molecule has 0 heterocycles. The van der Waals surface area contributed by atoms with Crippen LogP contribution in [0.1, 0.15) is 39.5 Å². The highest BCUT2D eigenvalue weighted by Crippen LogP contribution is 2.12. The van der Waals surface area contributed by atoms with Crippen molar-refractivity contribution in [1.82, 2.24) is 0 Å². The average Bonchev–Trinajstić information content (AvgIpc) is 2.28. The van der Waals surface area contributed by atoms with E-state index in [1.807, 2.05) is 13.8 Å². The maximum atomic E-state index is 11.3. The van der Waals surface area contributed by atoms with Crippen LogP contribution in [0.3, 0.4) is 0 Å². The summed E-state index contributed by atoms with van der Waals surface area (Å²) in [7, 11) is 0. The Labute approximate surface area is 129 Å². The molecule has 0 fully saturated rings. The maximum Gasteiger partial charge on any atom is 0.309 e. The van der Waals surface area contributed by atoms with Crippen LogP contribution in [-0.4, -0.2) is 26.6 Å². The van der Waals surface area contributed by atoms with Crippen molar-refractivity contribution in [2.45, 2.75) is 47.4 Å². The predicted octanol–water partition coefficient (Wildman–Crippen LogP) is 3.24. The van der Waals surface area contributed by atoms with E-state index in [0.29, 0.717) is 12.8 Å². The van der Waals surface area contributed by atoms with Gasteiger partial charge in [0.25, 0.3) is 0 Å². The lowest BCUT2D eigenvalue weighted by atomic mass is 10.2. The van der Waals surface area contributed by atoms with Crippen LogP contribution in [0.2, 0.25) is 0 Å². The minimum atomic E-state index is -0.319. The molecule has 0 aliphatic carbocycles. The van der Waals surface area contributed by atoms with E-state index in [1.54, 1.807) is 0 Å². The molecule has 0 amide bonds. The first-order valence-electron chi connectivity index (χ1n) is 5.58. The van der Waals surface area contributed by atoms with Crippen LogP contribution in [0.5, 0.6) is 0 Å². The van der Waals surface area contributed by atoms with Crippen LogP contribution in [0.4, 0.5) is 0 Å². The number of hydrogen-bond donors (Lipinski definition) is 0. The monoisotopic (exact) mass is 468 g/mol. The molecule has 0 bridgehead atoms. The van der Waals surface area contributed by atoms with Crippen LogP contribution in [0.15, 0.2) is 0 Å². The molecule has 17 heavy (non-hydrogen) atoms. The molecule has 2 atom stereocenters. The van der Waals surface area contributed by atoms with Gasteiger partial charge in [-0.1, -0.05) is 59.0 Å². The first-order valence-corrected chi connectivity index (χ1v) is 8.08. The Bertz CT molecular complexity index is 222. The molecule has 0 aliphatic rings. The van der Waals surface area contributed by atoms with Crippen molar-refractivity contribution in [2.24, 2.45) is 0 Å². The molecule has 0 N–H and O–H groups in total. The summed E-state index contributed by atoms with van der Waals surface area (Å²) in [6.07, 6.45) is 2.56. The minimum absolute atomic E-state index is 0.266. The van der Waals surface area contributed by atoms with E-state index < -0.39 is 0 Å². The third-order valence-corrected chi connectivity index (χ3v) is 4.74. The van der Waals surface area contributed by atoms with Gasteiger partial charge in [-0.2, -0.15) is 0 Å². The van der Waals surface area contributed by atoms with Crippen LogP contribution < -0.4 is 0 Å². The molecular formula is C11H18I2O4. The second kappa shape index (κ2) is 10.3. The second-order valence-corrected chi connectivity index (χ2v) is 7.09. The normalized spacial score (nSPS) is 13.9. The van der Waals surface area contributed by atoms with Crippen molar-refractivity contribution in [2.75, 3.05) is 6.79 Å². The van der Waals surface area contributed by atoms with Gasteiger partial charge in [-0.25, -0.2) is 0 Å². The minimum Gasteiger partial charge on any atom is -0.428 e. The molecular weight excluding hydrogens is 450 g/mol. The Morgan fingerprint density at radius 1 is 0.941 bits per heavy atom. The summed E-state index contributed by atoms with van der Waals surface area (Å²) < 4.78 is 10.2. The van der Waals surface area contributed by atoms with Gasteiger partial charge in [-0.05, 0) is 12.8 Å². The number of ether oxygens (including phenoxy) is 2. The summed E-state index contributed by atoms with van der Waals surface area (Å²) in [4.78, 5) is 22.5. The molecule has 0 aliphatic heterocycles. The highest BCUT2D eigenvalue weighted by atomic mass is 127. The molecule has 0 aromatic heterocycles. The van der Waals surface area contributed by atoms with Gasteiger partial charge in [0.1, 0.15) is 0 Å². The molecule has 0 aromatic carbocycles. The largest absolute Gasteiger partial charge is 0.428 e. The quantitative estimate of drug-likeness (QED) is 0.238. The molecule has 2 unspecified atom stereocenters. The van der Waals surface area contributed by atoms with E-state index in [9.17, 15) is 9.59 Å². The summed E-state index contributed by atoms with van der Waals surface area (Å²) >= 11 is 4.39. The molecule has 0 aromatic rings. The number of hydrogen-bond acceptors (Lipinski definition) is 4. The van der Waals surface area contributed by atoms with Gasteiger partial charge in [0.05, 0.1) is 12.8 Å². The molecule has 0 radical (unpaired) electrons. The van der Waals surface area contributed by atoms with Crippen molar-refractivity contribution < 1.29 is 19.1 Å². The van der Waals surface area contributed by atoms with Gasteiger partial charge in [-0.15, -0.1) is 0 Å². The summed E-state index contributed by atoms with van der Waals surface area (Å²) in [6.45, 7) is 3.75. The van der Waals surface area contributed by atoms with Gasteiger partial charge in [0.15, 0.2) is 0 Å². The number of halogens is 2. The van der Waals surface area contributed by atoms with Crippen LogP contribution >= 0.6 is 45.2 Å². The fourth-order valence-corrected chi connectivity index (χ4v) is 1.65. The fraction of sp³-hybridized carbons (Fsp3) is 0.818. The molecule has 4 nitrogen and oxygen atoms in total. The molecule has 0 rings (SSSR count). The zero-order valence-electron chi connectivity index (χ0n) is 10.1. The van der Waals surface area contributed by atoms with Crippen LogP contribution in [0, 0.1) is 0 Å². The summed E-state index contributed by atoms with van der Waals surface area (Å²) in [5.74, 6) is -0.638. The highest BCUT2D eigenvalue weighted by molar-refractivity contribution is 14.1. The third kappa shape index (κ3) is 10.0. The number of rotatable bonds is 8. The van der Waals surface area contributed by atoms with Gasteiger partial charge in [0, 0.05) is 7.85 Å². The zero-order valence-corrected chi connectivity index (χ0v) is 14.4. The Balaban J connectivity index is 3.62. The summed E-state index contributed by atoms with van der Waals surface area (Å²) in [5, 5.41) is 0. The van der Waals surface area contributed by atoms with Gasteiger partial charge >= 0.3 is 11.9 Å². The number of carbonyl (C=O) groups is 2. The topological polar surface area (TPSA) is 52.6 Å². The Morgan fingerprint density at radius 2 is 1.29 bits per heavy atom. The average molecular weight is 468 g/mol. The van der Waals surface area contributed by atoms with Crippen molar-refractivity contribution in [3.8, 4) is 0 Å². The Kier molecular flexibility index (Phi) is 10.6. The van der Waals surface area contributed by atoms with E-state index in [2.05, 4.69) is 45.2 Å². The molecule has 0 saturated heterocycles. The Morgan fingerprint density at radius 3 is 1.59 bits per heavy atom. The number of esters is 2. The van der Waals surface area contributed by atoms with Crippen LogP contribution in [-0.2, 0) is 19.1 Å². The number of alkyl halides is 2. The van der Waals surface area contributed by atoms with Crippen LogP contribution in [0.25, 0.3) is 0 Å². The van der Waals surface area contributed by atoms with Crippen molar-refractivity contribution in [1.29, 1.82) is 0 Å². The first-order chi connectivity index (χ1) is 7.99. The lowest BCUT2D eigenvalue weighted by molar-refractivity contribution is -0.167. The molecule has 0 spiro atoms. The first kappa shape index (κ1) is 17.4. The molecule has 0 saturated carbocycles. The molecule has 6 heteroatoms. The highest BCUT2D eigenvalue weighted by Gasteiger charge is 2.12. The lowest BCUT2D eigenvalue weighted by Gasteiger charge is -2.09. The standard InChI is InChI=1S/C11H18I2O4/c1-3-8(12)5-10(14)16-7-17-11(15)6-9(13)4-2/h8-9H,3-7H2,1-2H3. The van der Waals surface area contributed by atoms with Gasteiger partial charge in [-0.3, -0.25) is 9.59 Å². The van der Waals surface area contributed by atoms with E-state index in [1.165, 1.54) is 0 Å². The fourth-order valence-electron chi connectivity index (χ4n) is 0.929. The van der Waals surface area contributed by atoms with E-state index >= 15 is 0 Å².